The number of nitrogens with two attached hydrogens (primary N) is 1. The first kappa shape index (κ1) is 8.78. The maximum atomic E-state index is 5.58. The summed E-state index contributed by atoms with van der Waals surface area (Å²) in [5.41, 5.74) is 5.58. The van der Waals surface area contributed by atoms with Crippen LogP contribution in [0.5, 0.6) is 0 Å². The zero-order chi connectivity index (χ0) is 8.43. The summed E-state index contributed by atoms with van der Waals surface area (Å²) in [7, 11) is 0. The van der Waals surface area contributed by atoms with Gasteiger partial charge in [-0.1, -0.05) is 6.92 Å². The predicted molar refractivity (Wildman–Crippen MR) is 51.4 cm³/mol. The van der Waals surface area contributed by atoms with Crippen LogP contribution in [-0.4, -0.2) is 22.6 Å². The molecule has 0 aromatic carbocycles. The number of rotatable bonds is 0. The highest BCUT2D eigenvalue weighted by Crippen LogP contribution is 2.22. The molecular formula is C8H16N2S. The molecule has 0 amide bonds. The Morgan fingerprint density at radius 1 is 1.55 bits per heavy atom. The van der Waals surface area contributed by atoms with Crippen molar-refractivity contribution >= 4 is 17.3 Å². The van der Waals surface area contributed by atoms with Crippen molar-refractivity contribution in [2.45, 2.75) is 32.7 Å². The lowest BCUT2D eigenvalue weighted by atomic mass is 9.92. The van der Waals surface area contributed by atoms with E-state index in [9.17, 15) is 0 Å². The van der Waals surface area contributed by atoms with Gasteiger partial charge >= 0.3 is 0 Å². The Balaban J connectivity index is 2.58. The third-order valence-corrected chi connectivity index (χ3v) is 2.89. The van der Waals surface area contributed by atoms with Gasteiger partial charge in [-0.05, 0) is 37.9 Å². The van der Waals surface area contributed by atoms with Crippen LogP contribution in [0.3, 0.4) is 0 Å². The van der Waals surface area contributed by atoms with Gasteiger partial charge in [-0.2, -0.15) is 0 Å². The van der Waals surface area contributed by atoms with Crippen LogP contribution in [0.2, 0.25) is 0 Å². The molecule has 1 aliphatic rings. The van der Waals surface area contributed by atoms with Crippen LogP contribution < -0.4 is 5.73 Å². The van der Waals surface area contributed by atoms with Gasteiger partial charge in [-0.15, -0.1) is 0 Å². The molecular weight excluding hydrogens is 156 g/mol. The molecule has 1 aliphatic heterocycles. The van der Waals surface area contributed by atoms with Gasteiger partial charge in [-0.3, -0.25) is 0 Å². The van der Waals surface area contributed by atoms with Gasteiger partial charge in [0, 0.05) is 12.6 Å². The second kappa shape index (κ2) is 3.39. The molecule has 2 N–H and O–H groups in total. The monoisotopic (exact) mass is 172 g/mol. The number of thiocarbonyl (C=S) groups is 1. The molecule has 0 radical (unpaired) electrons. The molecule has 11 heavy (non-hydrogen) atoms. The maximum Gasteiger partial charge on any atom is 0.166 e. The Kier molecular flexibility index (Phi) is 2.71. The largest absolute Gasteiger partial charge is 0.376 e. The summed E-state index contributed by atoms with van der Waals surface area (Å²) >= 11 is 4.95. The van der Waals surface area contributed by atoms with E-state index in [2.05, 4.69) is 18.7 Å². The number of nitrogens with zero attached hydrogens (tertiary/aromatic N) is 1. The molecule has 2 nitrogen and oxygen atoms in total. The van der Waals surface area contributed by atoms with Crippen molar-refractivity contribution in [1.82, 2.24) is 4.90 Å². The number of hydrogen-bond acceptors (Lipinski definition) is 1. The first-order valence-electron chi connectivity index (χ1n) is 4.19. The third-order valence-electron chi connectivity index (χ3n) is 2.66. The molecule has 1 fully saturated rings. The maximum absolute atomic E-state index is 5.58. The Morgan fingerprint density at radius 2 is 2.18 bits per heavy atom. The first-order chi connectivity index (χ1) is 5.13. The standard InChI is InChI=1S/C8H16N2S/c1-6-4-3-5-10(7(6)2)8(9)11/h6-7H,3-5H2,1-2H3,(H2,9,11). The van der Waals surface area contributed by atoms with Crippen molar-refractivity contribution in [3.63, 3.8) is 0 Å². The average molecular weight is 172 g/mol. The molecule has 1 rings (SSSR count). The van der Waals surface area contributed by atoms with E-state index < -0.39 is 0 Å². The molecule has 64 valence electrons. The van der Waals surface area contributed by atoms with Crippen molar-refractivity contribution in [3.8, 4) is 0 Å². The summed E-state index contributed by atoms with van der Waals surface area (Å²) in [6, 6.07) is 0.529. The van der Waals surface area contributed by atoms with Crippen LogP contribution in [0.4, 0.5) is 0 Å². The van der Waals surface area contributed by atoms with Gasteiger partial charge in [0.15, 0.2) is 5.11 Å². The number of hydrogen-bond donors (Lipinski definition) is 1. The van der Waals surface area contributed by atoms with E-state index in [4.69, 9.17) is 18.0 Å². The first-order valence-corrected chi connectivity index (χ1v) is 4.60. The molecule has 2 unspecified atom stereocenters. The Labute approximate surface area is 73.7 Å². The van der Waals surface area contributed by atoms with Gasteiger partial charge in [0.2, 0.25) is 0 Å². The van der Waals surface area contributed by atoms with Crippen LogP contribution in [0, 0.1) is 5.92 Å². The molecule has 0 aromatic heterocycles. The van der Waals surface area contributed by atoms with E-state index in [0.717, 1.165) is 12.5 Å². The smallest absolute Gasteiger partial charge is 0.166 e. The van der Waals surface area contributed by atoms with Crippen LogP contribution >= 0.6 is 12.2 Å². The second-order valence-corrected chi connectivity index (χ2v) is 3.81. The minimum atomic E-state index is 0.529. The summed E-state index contributed by atoms with van der Waals surface area (Å²) in [5, 5.41) is 0.559. The summed E-state index contributed by atoms with van der Waals surface area (Å²) in [6.45, 7) is 5.50. The fraction of sp³-hybridized carbons (Fsp3) is 0.875. The highest BCUT2D eigenvalue weighted by Gasteiger charge is 2.24. The minimum Gasteiger partial charge on any atom is -0.376 e. The number of likely N-dealkylation sites (tertiary alicyclic amines) is 1. The van der Waals surface area contributed by atoms with E-state index in [1.807, 2.05) is 0 Å². The lowest BCUT2D eigenvalue weighted by Gasteiger charge is -2.38. The van der Waals surface area contributed by atoms with Crippen LogP contribution in [0.25, 0.3) is 0 Å². The lowest BCUT2D eigenvalue weighted by Crippen LogP contribution is -2.48. The Bertz CT molecular complexity index is 158. The molecule has 0 spiro atoms. The van der Waals surface area contributed by atoms with Gasteiger partial charge < -0.3 is 10.6 Å². The van der Waals surface area contributed by atoms with Crippen LogP contribution in [0.15, 0.2) is 0 Å². The molecule has 3 heteroatoms. The van der Waals surface area contributed by atoms with Crippen LogP contribution in [-0.2, 0) is 0 Å². The topological polar surface area (TPSA) is 29.3 Å². The summed E-state index contributed by atoms with van der Waals surface area (Å²) in [4.78, 5) is 2.13. The van der Waals surface area contributed by atoms with E-state index in [0.29, 0.717) is 11.2 Å². The minimum absolute atomic E-state index is 0.529. The Hall–Kier alpha value is -0.310. The second-order valence-electron chi connectivity index (χ2n) is 3.39. The fourth-order valence-corrected chi connectivity index (χ4v) is 1.90. The molecule has 1 heterocycles. The Morgan fingerprint density at radius 3 is 2.64 bits per heavy atom. The van der Waals surface area contributed by atoms with Crippen molar-refractivity contribution in [3.05, 3.63) is 0 Å². The number of piperidine rings is 1. The van der Waals surface area contributed by atoms with Crippen molar-refractivity contribution < 1.29 is 0 Å². The van der Waals surface area contributed by atoms with Crippen molar-refractivity contribution in [2.75, 3.05) is 6.54 Å². The quantitative estimate of drug-likeness (QED) is 0.559. The molecule has 2 atom stereocenters. The zero-order valence-corrected chi connectivity index (χ0v) is 8.03. The zero-order valence-electron chi connectivity index (χ0n) is 7.21. The highest BCUT2D eigenvalue weighted by atomic mass is 32.1. The van der Waals surface area contributed by atoms with Crippen LogP contribution in [0.1, 0.15) is 26.7 Å². The van der Waals surface area contributed by atoms with E-state index in [1.54, 1.807) is 0 Å². The van der Waals surface area contributed by atoms with Crippen molar-refractivity contribution in [1.29, 1.82) is 0 Å². The summed E-state index contributed by atoms with van der Waals surface area (Å²) in [5.74, 6) is 0.727. The van der Waals surface area contributed by atoms with E-state index in [-0.39, 0.29) is 0 Å². The lowest BCUT2D eigenvalue weighted by molar-refractivity contribution is 0.193. The van der Waals surface area contributed by atoms with Crippen molar-refractivity contribution in [2.24, 2.45) is 11.7 Å². The average Bonchev–Trinajstić information content (AvgIpc) is 1.94. The van der Waals surface area contributed by atoms with Gasteiger partial charge in [0.1, 0.15) is 0 Å². The molecule has 0 saturated carbocycles. The van der Waals surface area contributed by atoms with Gasteiger partial charge in [0.05, 0.1) is 0 Å². The molecule has 0 aliphatic carbocycles. The summed E-state index contributed by atoms with van der Waals surface area (Å²) in [6.07, 6.45) is 2.53. The third kappa shape index (κ3) is 1.83. The predicted octanol–water partition coefficient (Wildman–Crippen LogP) is 1.35. The fourth-order valence-electron chi connectivity index (χ4n) is 1.65. The molecule has 1 saturated heterocycles. The molecule has 0 aromatic rings. The van der Waals surface area contributed by atoms with E-state index in [1.165, 1.54) is 12.8 Å². The van der Waals surface area contributed by atoms with Gasteiger partial charge in [0.25, 0.3) is 0 Å². The highest BCUT2D eigenvalue weighted by molar-refractivity contribution is 7.80. The van der Waals surface area contributed by atoms with Gasteiger partial charge in [-0.25, -0.2) is 0 Å². The SMILES string of the molecule is CC1CCCN(C(N)=S)C1C. The normalized spacial score (nSPS) is 32.0. The molecule has 0 bridgehead atoms. The van der Waals surface area contributed by atoms with E-state index >= 15 is 0 Å². The summed E-state index contributed by atoms with van der Waals surface area (Å²) < 4.78 is 0.